The first-order valence-electron chi connectivity index (χ1n) is 11.8. The zero-order valence-electron chi connectivity index (χ0n) is 18.5. The fraction of sp³-hybridized carbons (Fsp3) is 0.680. The number of carbonyl (C=O) groups is 1. The summed E-state index contributed by atoms with van der Waals surface area (Å²) in [7, 11) is 1.88. The van der Waals surface area contributed by atoms with Gasteiger partial charge in [-0.05, 0) is 85.5 Å². The summed E-state index contributed by atoms with van der Waals surface area (Å²) in [5.74, 6) is 1.72. The molecule has 1 amide bonds. The lowest BCUT2D eigenvalue weighted by atomic mass is 9.54. The molecular formula is C25H33FN2O3. The molecule has 1 aromatic rings. The maximum atomic E-state index is 13.8. The van der Waals surface area contributed by atoms with Crippen LogP contribution in [-0.4, -0.2) is 48.0 Å². The van der Waals surface area contributed by atoms with Gasteiger partial charge in [-0.3, -0.25) is 4.79 Å². The summed E-state index contributed by atoms with van der Waals surface area (Å²) in [6.45, 7) is 3.54. The van der Waals surface area contributed by atoms with Gasteiger partial charge in [-0.25, -0.2) is 4.39 Å². The molecule has 0 aromatic heterocycles. The Balaban J connectivity index is 1.37. The Hall–Kier alpha value is -1.95. The van der Waals surface area contributed by atoms with Crippen LogP contribution in [0, 0.1) is 29.0 Å². The van der Waals surface area contributed by atoms with Crippen LogP contribution in [0.2, 0.25) is 0 Å². The van der Waals surface area contributed by atoms with E-state index >= 15 is 0 Å². The molecule has 1 saturated heterocycles. The van der Waals surface area contributed by atoms with E-state index in [4.69, 9.17) is 4.74 Å². The van der Waals surface area contributed by atoms with Crippen molar-refractivity contribution in [2.24, 2.45) is 28.3 Å². The van der Waals surface area contributed by atoms with E-state index in [9.17, 15) is 14.4 Å². The predicted molar refractivity (Wildman–Crippen MR) is 116 cm³/mol. The number of hydrogen-bond acceptors (Lipinski definition) is 4. The number of aryl methyl sites for hydroxylation is 1. The van der Waals surface area contributed by atoms with E-state index in [2.05, 4.69) is 12.1 Å². The topological polar surface area (TPSA) is 62.1 Å². The normalized spacial score (nSPS) is 35.8. The van der Waals surface area contributed by atoms with E-state index in [0.717, 1.165) is 49.8 Å². The average molecular weight is 429 g/mol. The quantitative estimate of drug-likeness (QED) is 0.572. The molecule has 0 bridgehead atoms. The summed E-state index contributed by atoms with van der Waals surface area (Å²) in [5.41, 5.74) is 3.29. The summed E-state index contributed by atoms with van der Waals surface area (Å²) in [5, 5.41) is 13.6. The number of ether oxygens (including phenoxy) is 1. The molecular weight excluding hydrogens is 395 g/mol. The maximum absolute atomic E-state index is 13.8. The molecule has 5 rings (SSSR count). The van der Waals surface area contributed by atoms with Crippen LogP contribution in [0.15, 0.2) is 23.4 Å². The largest absolute Gasteiger partial charge is 0.411 e. The molecule has 3 unspecified atom stereocenters. The first-order valence-corrected chi connectivity index (χ1v) is 11.8. The molecule has 3 fully saturated rings. The predicted octanol–water partition coefficient (Wildman–Crippen LogP) is 4.38. The Morgan fingerprint density at radius 1 is 1.35 bits per heavy atom. The van der Waals surface area contributed by atoms with Gasteiger partial charge in [-0.1, -0.05) is 18.1 Å². The Labute approximate surface area is 183 Å². The molecule has 1 aromatic carbocycles. The third-order valence-corrected chi connectivity index (χ3v) is 8.97. The van der Waals surface area contributed by atoms with Crippen LogP contribution in [0.3, 0.4) is 0 Å². The maximum Gasteiger partial charge on any atom is 0.222 e. The zero-order valence-corrected chi connectivity index (χ0v) is 18.5. The molecule has 4 aliphatic rings. The molecule has 1 aliphatic heterocycles. The van der Waals surface area contributed by atoms with E-state index < -0.39 is 0 Å². The second-order valence-corrected chi connectivity index (χ2v) is 10.4. The molecule has 3 aliphatic carbocycles. The second kappa shape index (κ2) is 7.88. The molecule has 2 saturated carbocycles. The van der Waals surface area contributed by atoms with Crippen molar-refractivity contribution in [2.45, 2.75) is 63.8 Å². The van der Waals surface area contributed by atoms with Gasteiger partial charge in [0.2, 0.25) is 5.91 Å². The highest BCUT2D eigenvalue weighted by Crippen LogP contribution is 2.62. The molecule has 31 heavy (non-hydrogen) atoms. The van der Waals surface area contributed by atoms with Crippen LogP contribution < -0.4 is 0 Å². The van der Waals surface area contributed by atoms with E-state index in [1.807, 2.05) is 18.0 Å². The van der Waals surface area contributed by atoms with Crippen LogP contribution >= 0.6 is 0 Å². The summed E-state index contributed by atoms with van der Waals surface area (Å²) >= 11 is 0. The molecule has 1 heterocycles. The monoisotopic (exact) mass is 428 g/mol. The van der Waals surface area contributed by atoms with Crippen LogP contribution in [0.4, 0.5) is 4.39 Å². The minimum absolute atomic E-state index is 0.102. The van der Waals surface area contributed by atoms with Crippen LogP contribution in [0.5, 0.6) is 0 Å². The van der Waals surface area contributed by atoms with Crippen LogP contribution in [0.1, 0.15) is 62.5 Å². The third-order valence-electron chi connectivity index (χ3n) is 8.97. The summed E-state index contributed by atoms with van der Waals surface area (Å²) in [4.78, 5) is 14.6. The van der Waals surface area contributed by atoms with Gasteiger partial charge >= 0.3 is 0 Å². The number of rotatable bonds is 4. The first-order chi connectivity index (χ1) is 14.9. The minimum Gasteiger partial charge on any atom is -0.411 e. The summed E-state index contributed by atoms with van der Waals surface area (Å²) in [6.07, 6.45) is 6.12. The van der Waals surface area contributed by atoms with Gasteiger partial charge in [-0.2, -0.15) is 0 Å². The SMILES string of the molecule is CN(C(=O)CC[C@@H]1C/C(=N\O)[C@@]2(C)CCC3c4ccc(F)cc4CCC3C12)C1COC1. The number of benzene rings is 1. The van der Waals surface area contributed by atoms with Crippen molar-refractivity contribution < 1.29 is 19.1 Å². The van der Waals surface area contributed by atoms with Gasteiger partial charge < -0.3 is 14.8 Å². The van der Waals surface area contributed by atoms with Crippen molar-refractivity contribution in [2.75, 3.05) is 20.3 Å². The van der Waals surface area contributed by atoms with Crippen molar-refractivity contribution >= 4 is 11.6 Å². The van der Waals surface area contributed by atoms with Crippen molar-refractivity contribution in [3.8, 4) is 0 Å². The van der Waals surface area contributed by atoms with Gasteiger partial charge in [0.25, 0.3) is 0 Å². The molecule has 1 N–H and O–H groups in total. The smallest absolute Gasteiger partial charge is 0.222 e. The molecule has 168 valence electrons. The highest BCUT2D eigenvalue weighted by atomic mass is 19.1. The van der Waals surface area contributed by atoms with E-state index in [1.54, 1.807) is 12.1 Å². The van der Waals surface area contributed by atoms with Crippen molar-refractivity contribution in [1.29, 1.82) is 0 Å². The van der Waals surface area contributed by atoms with Gasteiger partial charge in [0.15, 0.2) is 0 Å². The highest BCUT2D eigenvalue weighted by molar-refractivity contribution is 5.92. The fourth-order valence-electron chi connectivity index (χ4n) is 7.19. The van der Waals surface area contributed by atoms with Crippen LogP contribution in [-0.2, 0) is 16.0 Å². The average Bonchev–Trinajstić information content (AvgIpc) is 3.01. The lowest BCUT2D eigenvalue weighted by Crippen LogP contribution is -2.49. The number of fused-ring (bicyclic) bond motifs is 5. The van der Waals surface area contributed by atoms with Gasteiger partial charge in [0.05, 0.1) is 25.0 Å². The lowest BCUT2D eigenvalue weighted by Gasteiger charge is -2.50. The molecule has 5 atom stereocenters. The fourth-order valence-corrected chi connectivity index (χ4v) is 7.19. The van der Waals surface area contributed by atoms with E-state index in [-0.39, 0.29) is 23.2 Å². The first kappa shape index (κ1) is 20.9. The summed E-state index contributed by atoms with van der Waals surface area (Å²) < 4.78 is 19.0. The Morgan fingerprint density at radius 3 is 2.87 bits per heavy atom. The Bertz CT molecular complexity index is 899. The van der Waals surface area contributed by atoms with Gasteiger partial charge in [-0.15, -0.1) is 0 Å². The number of hydrogen-bond donors (Lipinski definition) is 1. The number of oxime groups is 1. The summed E-state index contributed by atoms with van der Waals surface area (Å²) in [6, 6.07) is 5.52. The van der Waals surface area contributed by atoms with E-state index in [0.29, 0.717) is 43.3 Å². The molecule has 0 spiro atoms. The number of nitrogens with zero attached hydrogens (tertiary/aromatic N) is 2. The second-order valence-electron chi connectivity index (χ2n) is 10.4. The highest BCUT2D eigenvalue weighted by Gasteiger charge is 2.57. The standard InChI is InChI=1S/C25H33FN2O3/c1-25-10-9-20-19-7-5-17(26)11-15(19)3-6-21(20)24(25)16(12-22(25)27-30)4-8-23(29)28(2)18-13-31-14-18/h5,7,11,16,18,20-21,24,30H,3-4,6,8-10,12-14H2,1-2H3/b27-22+/t16-,20?,21?,24?,25-/m1/s1. The van der Waals surface area contributed by atoms with Gasteiger partial charge in [0, 0.05) is 18.9 Å². The molecule has 0 radical (unpaired) electrons. The molecule has 6 heteroatoms. The third kappa shape index (κ3) is 3.38. The number of halogens is 1. The Kier molecular flexibility index (Phi) is 5.32. The zero-order chi connectivity index (χ0) is 21.8. The number of likely N-dealkylation sites (N-methyl/N-ethyl adjacent to an activating group) is 1. The number of amides is 1. The molecule has 5 nitrogen and oxygen atoms in total. The number of carbonyl (C=O) groups excluding carboxylic acids is 1. The lowest BCUT2D eigenvalue weighted by molar-refractivity contribution is -0.142. The Morgan fingerprint density at radius 2 is 2.16 bits per heavy atom. The van der Waals surface area contributed by atoms with Crippen molar-refractivity contribution in [3.63, 3.8) is 0 Å². The van der Waals surface area contributed by atoms with Crippen LogP contribution in [0.25, 0.3) is 0 Å². The van der Waals surface area contributed by atoms with Gasteiger partial charge in [0.1, 0.15) is 5.82 Å². The minimum atomic E-state index is -0.147. The van der Waals surface area contributed by atoms with Crippen molar-refractivity contribution in [3.05, 3.63) is 35.1 Å². The van der Waals surface area contributed by atoms with Crippen molar-refractivity contribution in [1.82, 2.24) is 4.90 Å². The van der Waals surface area contributed by atoms with E-state index in [1.165, 1.54) is 5.56 Å².